The molecule has 0 radical (unpaired) electrons. The zero-order chi connectivity index (χ0) is 42.4. The molecule has 0 saturated carbocycles. The van der Waals surface area contributed by atoms with Crippen molar-refractivity contribution in [1.29, 1.82) is 0 Å². The second-order valence-electron chi connectivity index (χ2n) is 13.7. The van der Waals surface area contributed by atoms with E-state index in [9.17, 15) is 72.5 Å². The van der Waals surface area contributed by atoms with Crippen LogP contribution in [0.5, 0.6) is 11.5 Å². The number of allylic oxidation sites excluding steroid dienone is 1. The number of hydrogen-bond acceptors (Lipinski definition) is 6. The van der Waals surface area contributed by atoms with E-state index in [1.807, 2.05) is 0 Å². The van der Waals surface area contributed by atoms with Crippen LogP contribution in [0.1, 0.15) is 92.1 Å². The average Bonchev–Trinajstić information content (AvgIpc) is 3.05. The van der Waals surface area contributed by atoms with Crippen molar-refractivity contribution in [3.63, 3.8) is 0 Å². The van der Waals surface area contributed by atoms with Gasteiger partial charge in [-0.25, -0.2) is 4.79 Å². The Bertz CT molecular complexity index is 1900. The van der Waals surface area contributed by atoms with Crippen LogP contribution in [-0.4, -0.2) is 52.3 Å². The second-order valence-corrected chi connectivity index (χ2v) is 13.7. The number of carbonyl (C=O) groups excluding carboxylic acids is 2. The maximum atomic E-state index is 14.3. The van der Waals surface area contributed by atoms with E-state index in [2.05, 4.69) is 6.58 Å². The van der Waals surface area contributed by atoms with Gasteiger partial charge in [-0.05, 0) is 50.5 Å². The number of halogens is 12. The molecule has 1 atom stereocenters. The first-order valence-corrected chi connectivity index (χ1v) is 16.4. The SMILES string of the molecule is C=CCC(C)(C)C(=O)c1cccc(C(=O)Oc2c(C(O)(C(F)(F)F)C(F)(F)F)ccc3c(OC(C)(CC)CCC)c(C(O)(C(F)(F)F)C(F)(F)F)ccc23)c1. The molecule has 3 aromatic carbocycles. The zero-order valence-electron chi connectivity index (χ0n) is 29.8. The van der Waals surface area contributed by atoms with Crippen molar-refractivity contribution < 1.29 is 82.0 Å². The van der Waals surface area contributed by atoms with E-state index >= 15 is 0 Å². The van der Waals surface area contributed by atoms with Crippen molar-refractivity contribution >= 4 is 22.5 Å². The van der Waals surface area contributed by atoms with E-state index in [-0.39, 0.29) is 55.5 Å². The number of rotatable bonds is 13. The zero-order valence-corrected chi connectivity index (χ0v) is 29.8. The van der Waals surface area contributed by atoms with Gasteiger partial charge in [0.05, 0.1) is 5.56 Å². The summed E-state index contributed by atoms with van der Waals surface area (Å²) in [6.07, 6.45) is -24.8. The number of benzene rings is 3. The number of esters is 1. The van der Waals surface area contributed by atoms with Gasteiger partial charge in [-0.2, -0.15) is 52.7 Å². The second kappa shape index (κ2) is 15.0. The third-order valence-corrected chi connectivity index (χ3v) is 9.22. The van der Waals surface area contributed by atoms with Crippen LogP contribution in [0.2, 0.25) is 0 Å². The minimum Gasteiger partial charge on any atom is -0.487 e. The molecule has 1 unspecified atom stereocenters. The van der Waals surface area contributed by atoms with Crippen LogP contribution >= 0.6 is 0 Å². The predicted molar refractivity (Wildman–Crippen MR) is 175 cm³/mol. The van der Waals surface area contributed by atoms with Crippen molar-refractivity contribution in [2.24, 2.45) is 5.41 Å². The lowest BCUT2D eigenvalue weighted by molar-refractivity contribution is -0.377. The standard InChI is InChI=1S/C37H36F12O6/c1-7-17-30(4,5)28(50)20-11-10-12-21(19-20)29(51)54-26-22-13-16-25(33(53,36(44,45)46)37(47,48)49)27(55-31(6,9-3)18-8-2)23(22)14-15-24(26)32(52,34(38,39)40)35(41,42)43/h7,10-16,19,52-53H,1,8-9,17-18H2,2-6H3. The summed E-state index contributed by atoms with van der Waals surface area (Å²) in [6, 6.07) is 4.30. The Kier molecular flexibility index (Phi) is 12.3. The molecule has 6 nitrogen and oxygen atoms in total. The van der Waals surface area contributed by atoms with E-state index in [4.69, 9.17) is 9.47 Å². The lowest BCUT2D eigenvalue weighted by Crippen LogP contribution is -2.54. The maximum absolute atomic E-state index is 14.3. The van der Waals surface area contributed by atoms with Crippen LogP contribution < -0.4 is 9.47 Å². The molecule has 0 aromatic heterocycles. The minimum atomic E-state index is -6.63. The smallest absolute Gasteiger partial charge is 0.430 e. The number of hydrogen-bond donors (Lipinski definition) is 2. The highest BCUT2D eigenvalue weighted by atomic mass is 19.4. The topological polar surface area (TPSA) is 93.1 Å². The Morgan fingerprint density at radius 3 is 1.55 bits per heavy atom. The van der Waals surface area contributed by atoms with Gasteiger partial charge in [0.25, 0.3) is 11.2 Å². The number of fused-ring (bicyclic) bond motifs is 1. The molecule has 0 fully saturated rings. The van der Waals surface area contributed by atoms with Gasteiger partial charge in [-0.15, -0.1) is 6.58 Å². The molecule has 0 saturated heterocycles. The largest absolute Gasteiger partial charge is 0.487 e. The molecule has 18 heteroatoms. The van der Waals surface area contributed by atoms with Crippen LogP contribution in [0, 0.1) is 5.41 Å². The molecule has 2 N–H and O–H groups in total. The van der Waals surface area contributed by atoms with Gasteiger partial charge in [-0.1, -0.05) is 64.5 Å². The highest BCUT2D eigenvalue weighted by Crippen LogP contribution is 2.57. The normalized spacial score (nSPS) is 14.7. The fourth-order valence-electron chi connectivity index (χ4n) is 5.93. The number of ether oxygens (including phenoxy) is 2. The molecule has 0 aliphatic rings. The first kappa shape index (κ1) is 45.1. The molecule has 0 aliphatic heterocycles. The summed E-state index contributed by atoms with van der Waals surface area (Å²) >= 11 is 0. The highest BCUT2D eigenvalue weighted by Gasteiger charge is 2.74. The van der Waals surface area contributed by atoms with Crippen LogP contribution in [0.25, 0.3) is 10.8 Å². The molecule has 3 aromatic rings. The van der Waals surface area contributed by atoms with Gasteiger partial charge in [-0.3, -0.25) is 4.79 Å². The molecule has 0 amide bonds. The minimum absolute atomic E-state index is 0.0731. The summed E-state index contributed by atoms with van der Waals surface area (Å²) in [5.41, 5.74) is -19.4. The number of Topliss-reactive ketones (excluding diaryl/α,β-unsaturated/α-hetero) is 1. The van der Waals surface area contributed by atoms with Gasteiger partial charge < -0.3 is 19.7 Å². The molecule has 3 rings (SSSR count). The van der Waals surface area contributed by atoms with Crippen molar-refractivity contribution in [2.45, 2.75) is 102 Å². The third-order valence-electron chi connectivity index (χ3n) is 9.22. The summed E-state index contributed by atoms with van der Waals surface area (Å²) in [5.74, 6) is -5.61. The van der Waals surface area contributed by atoms with E-state index < -0.39 is 97.6 Å². The van der Waals surface area contributed by atoms with Gasteiger partial charge in [0.2, 0.25) is 0 Å². The Morgan fingerprint density at radius 1 is 0.691 bits per heavy atom. The van der Waals surface area contributed by atoms with Gasteiger partial charge in [0.15, 0.2) is 5.78 Å². The van der Waals surface area contributed by atoms with Crippen molar-refractivity contribution in [1.82, 2.24) is 0 Å². The first-order chi connectivity index (χ1) is 24.9. The summed E-state index contributed by atoms with van der Waals surface area (Å²) in [5, 5.41) is 18.6. The molecule has 304 valence electrons. The molecule has 55 heavy (non-hydrogen) atoms. The van der Waals surface area contributed by atoms with Gasteiger partial charge in [0, 0.05) is 32.9 Å². The monoisotopic (exact) mass is 804 g/mol. The molecular formula is C37H36F12O6. The number of aliphatic hydroxyl groups is 2. The first-order valence-electron chi connectivity index (χ1n) is 16.4. The quantitative estimate of drug-likeness (QED) is 0.0588. The Labute approximate surface area is 306 Å². The number of carbonyl (C=O) groups is 2. The molecule has 0 heterocycles. The van der Waals surface area contributed by atoms with E-state index in [1.165, 1.54) is 39.8 Å². The predicted octanol–water partition coefficient (Wildman–Crippen LogP) is 10.8. The third kappa shape index (κ3) is 8.16. The van der Waals surface area contributed by atoms with Crippen LogP contribution in [0.15, 0.2) is 61.2 Å². The van der Waals surface area contributed by atoms with E-state index in [0.29, 0.717) is 0 Å². The average molecular weight is 805 g/mol. The summed E-state index contributed by atoms with van der Waals surface area (Å²) < 4.78 is 182. The van der Waals surface area contributed by atoms with Gasteiger partial charge in [0.1, 0.15) is 17.1 Å². The Hall–Kier alpha value is -4.32. The van der Waals surface area contributed by atoms with E-state index in [1.54, 1.807) is 6.92 Å². The summed E-state index contributed by atoms with van der Waals surface area (Å²) in [4.78, 5) is 26.7. The van der Waals surface area contributed by atoms with Crippen molar-refractivity contribution in [3.8, 4) is 11.5 Å². The van der Waals surface area contributed by atoms with Crippen LogP contribution in [0.4, 0.5) is 52.7 Å². The molecule has 0 spiro atoms. The van der Waals surface area contributed by atoms with Crippen molar-refractivity contribution in [3.05, 3.63) is 83.4 Å². The van der Waals surface area contributed by atoms with Crippen LogP contribution in [0.3, 0.4) is 0 Å². The van der Waals surface area contributed by atoms with E-state index in [0.717, 1.165) is 18.2 Å². The maximum Gasteiger partial charge on any atom is 0.430 e. The fourth-order valence-corrected chi connectivity index (χ4v) is 5.93. The van der Waals surface area contributed by atoms with Gasteiger partial charge >= 0.3 is 30.7 Å². The van der Waals surface area contributed by atoms with Crippen molar-refractivity contribution in [2.75, 3.05) is 0 Å². The molecule has 0 bridgehead atoms. The highest BCUT2D eigenvalue weighted by molar-refractivity contribution is 6.03. The lowest BCUT2D eigenvalue weighted by atomic mass is 9.81. The Morgan fingerprint density at radius 2 is 1.13 bits per heavy atom. The summed E-state index contributed by atoms with van der Waals surface area (Å²) in [7, 11) is 0. The Balaban J connectivity index is 2.57. The number of ketones is 1. The lowest BCUT2D eigenvalue weighted by Gasteiger charge is -2.37. The molecule has 0 aliphatic carbocycles. The number of alkyl halides is 12. The molecular weight excluding hydrogens is 768 g/mol. The fraction of sp³-hybridized carbons (Fsp3) is 0.459. The summed E-state index contributed by atoms with van der Waals surface area (Å²) in [6.45, 7) is 10.8. The van der Waals surface area contributed by atoms with Crippen LogP contribution in [-0.2, 0) is 11.2 Å².